The summed E-state index contributed by atoms with van der Waals surface area (Å²) in [5.74, 6) is 0. The highest BCUT2D eigenvalue weighted by Gasteiger charge is 2.22. The van der Waals surface area contributed by atoms with Crippen LogP contribution in [0.5, 0.6) is 0 Å². The van der Waals surface area contributed by atoms with Crippen molar-refractivity contribution in [3.8, 4) is 0 Å². The number of nitrogens with one attached hydrogen (secondary N) is 2. The van der Waals surface area contributed by atoms with Crippen LogP contribution in [0.4, 0.5) is 0 Å². The van der Waals surface area contributed by atoms with Crippen molar-refractivity contribution in [3.05, 3.63) is 102 Å². The predicted molar refractivity (Wildman–Crippen MR) is 104 cm³/mol. The highest BCUT2D eigenvalue weighted by atomic mass is 16.3. The monoisotopic (exact) mass is 343 g/mol. The molecule has 0 unspecified atom stereocenters. The van der Waals surface area contributed by atoms with E-state index < -0.39 is 6.10 Å². The number of fused-ring (bicyclic) bond motifs is 1. The second kappa shape index (κ2) is 7.52. The van der Waals surface area contributed by atoms with Gasteiger partial charge in [0.15, 0.2) is 0 Å². The Hall–Kier alpha value is -2.95. The van der Waals surface area contributed by atoms with Gasteiger partial charge in [-0.2, -0.15) is 5.10 Å². The summed E-state index contributed by atoms with van der Waals surface area (Å²) in [5.41, 5.74) is 3.90. The molecule has 1 heterocycles. The van der Waals surface area contributed by atoms with E-state index in [9.17, 15) is 5.11 Å². The lowest BCUT2D eigenvalue weighted by molar-refractivity contribution is 0.127. The highest BCUT2D eigenvalue weighted by Crippen LogP contribution is 2.29. The van der Waals surface area contributed by atoms with E-state index in [0.29, 0.717) is 6.54 Å². The zero-order valence-corrected chi connectivity index (χ0v) is 14.3. The topological polar surface area (TPSA) is 60.9 Å². The minimum Gasteiger partial charge on any atom is -0.386 e. The summed E-state index contributed by atoms with van der Waals surface area (Å²) >= 11 is 0. The van der Waals surface area contributed by atoms with E-state index >= 15 is 0 Å². The largest absolute Gasteiger partial charge is 0.386 e. The van der Waals surface area contributed by atoms with E-state index in [2.05, 4.69) is 21.6 Å². The van der Waals surface area contributed by atoms with Gasteiger partial charge < -0.3 is 10.4 Å². The van der Waals surface area contributed by atoms with E-state index in [1.54, 1.807) is 0 Å². The van der Waals surface area contributed by atoms with Gasteiger partial charge in [-0.05, 0) is 17.2 Å². The molecule has 130 valence electrons. The Labute approximate surface area is 152 Å². The Bertz CT molecular complexity index is 966. The lowest BCUT2D eigenvalue weighted by Gasteiger charge is -2.25. The molecule has 2 atom stereocenters. The number of aromatic nitrogens is 2. The molecule has 0 aliphatic carbocycles. The molecule has 0 amide bonds. The molecule has 0 saturated carbocycles. The number of H-pyrrole nitrogens is 1. The summed E-state index contributed by atoms with van der Waals surface area (Å²) in [4.78, 5) is 0. The number of benzene rings is 3. The first kappa shape index (κ1) is 16.5. The molecule has 4 nitrogen and oxygen atoms in total. The lowest BCUT2D eigenvalue weighted by Crippen LogP contribution is -2.27. The third-order valence-electron chi connectivity index (χ3n) is 4.65. The molecule has 0 bridgehead atoms. The van der Waals surface area contributed by atoms with Gasteiger partial charge in [0.2, 0.25) is 0 Å². The van der Waals surface area contributed by atoms with Gasteiger partial charge in [-0.1, -0.05) is 78.9 Å². The van der Waals surface area contributed by atoms with Crippen molar-refractivity contribution in [1.29, 1.82) is 0 Å². The average Bonchev–Trinajstić information content (AvgIpc) is 3.13. The first-order valence-electron chi connectivity index (χ1n) is 8.76. The van der Waals surface area contributed by atoms with Crippen molar-refractivity contribution in [3.63, 3.8) is 0 Å². The Morgan fingerprint density at radius 1 is 0.808 bits per heavy atom. The second-order valence-electron chi connectivity index (χ2n) is 6.34. The molecule has 1 aromatic heterocycles. The van der Waals surface area contributed by atoms with Gasteiger partial charge in [0, 0.05) is 11.9 Å². The summed E-state index contributed by atoms with van der Waals surface area (Å²) in [6.45, 7) is 0.587. The summed E-state index contributed by atoms with van der Waals surface area (Å²) in [5, 5.41) is 23.0. The fourth-order valence-corrected chi connectivity index (χ4v) is 3.28. The molecular formula is C22H21N3O. The molecule has 0 radical (unpaired) electrons. The molecule has 4 rings (SSSR count). The van der Waals surface area contributed by atoms with Gasteiger partial charge in [-0.25, -0.2) is 0 Å². The lowest BCUT2D eigenvalue weighted by atomic mass is 9.95. The van der Waals surface area contributed by atoms with Gasteiger partial charge >= 0.3 is 0 Å². The Kier molecular flexibility index (Phi) is 4.78. The van der Waals surface area contributed by atoms with Gasteiger partial charge in [-0.3, -0.25) is 5.10 Å². The minimum absolute atomic E-state index is 0.222. The first-order valence-corrected chi connectivity index (χ1v) is 8.76. The average molecular weight is 343 g/mol. The summed E-state index contributed by atoms with van der Waals surface area (Å²) in [6.07, 6.45) is -0.646. The van der Waals surface area contributed by atoms with Crippen molar-refractivity contribution in [2.75, 3.05) is 0 Å². The van der Waals surface area contributed by atoms with E-state index in [-0.39, 0.29) is 6.04 Å². The van der Waals surface area contributed by atoms with Crippen LogP contribution in [0, 0.1) is 0 Å². The van der Waals surface area contributed by atoms with Crippen LogP contribution in [0.1, 0.15) is 29.0 Å². The quantitative estimate of drug-likeness (QED) is 0.493. The molecule has 0 aliphatic rings. The Morgan fingerprint density at radius 2 is 1.42 bits per heavy atom. The van der Waals surface area contributed by atoms with Crippen molar-refractivity contribution in [2.45, 2.75) is 18.7 Å². The number of nitrogens with zero attached hydrogens (tertiary/aromatic N) is 1. The molecule has 26 heavy (non-hydrogen) atoms. The zero-order chi connectivity index (χ0) is 17.8. The van der Waals surface area contributed by atoms with Crippen molar-refractivity contribution >= 4 is 10.9 Å². The van der Waals surface area contributed by atoms with Gasteiger partial charge in [0.1, 0.15) is 0 Å². The van der Waals surface area contributed by atoms with E-state index in [4.69, 9.17) is 0 Å². The number of aliphatic hydroxyl groups excluding tert-OH is 1. The molecule has 4 aromatic rings. The fourth-order valence-electron chi connectivity index (χ4n) is 3.28. The molecular weight excluding hydrogens is 322 g/mol. The molecule has 0 aliphatic heterocycles. The molecule has 0 fully saturated rings. The van der Waals surface area contributed by atoms with Crippen molar-refractivity contribution in [1.82, 2.24) is 15.5 Å². The predicted octanol–water partition coefficient (Wildman–Crippen LogP) is 4.13. The zero-order valence-electron chi connectivity index (χ0n) is 14.3. The molecule has 3 N–H and O–H groups in total. The standard InChI is InChI=1S/C22H21N3O/c26-22(17-11-5-2-6-12-17)21(16-9-3-1-4-10-16)23-15-20-18-13-7-8-14-19(18)24-25-20/h1-14,21-23,26H,15H2,(H,24,25)/t21-,22+/m0/s1. The fraction of sp³-hybridized carbons (Fsp3) is 0.136. The summed E-state index contributed by atoms with van der Waals surface area (Å²) < 4.78 is 0. The number of hydrogen-bond donors (Lipinski definition) is 3. The first-order chi connectivity index (χ1) is 12.8. The SMILES string of the molecule is O[C@H](c1ccccc1)[C@@H](NCc1[nH]nc2ccccc12)c1ccccc1. The maximum atomic E-state index is 11.0. The van der Waals surface area contributed by atoms with Crippen LogP contribution in [0.3, 0.4) is 0 Å². The van der Waals surface area contributed by atoms with Crippen LogP contribution in [0.2, 0.25) is 0 Å². The van der Waals surface area contributed by atoms with Crippen molar-refractivity contribution < 1.29 is 5.11 Å². The number of rotatable bonds is 6. The molecule has 3 aromatic carbocycles. The number of aromatic amines is 1. The maximum absolute atomic E-state index is 11.0. The van der Waals surface area contributed by atoms with E-state index in [0.717, 1.165) is 27.7 Å². The van der Waals surface area contributed by atoms with Crippen LogP contribution < -0.4 is 5.32 Å². The molecule has 0 spiro atoms. The number of para-hydroxylation sites is 1. The summed E-state index contributed by atoms with van der Waals surface area (Å²) in [7, 11) is 0. The van der Waals surface area contributed by atoms with Crippen LogP contribution in [0.25, 0.3) is 10.9 Å². The van der Waals surface area contributed by atoms with Crippen LogP contribution >= 0.6 is 0 Å². The summed E-state index contributed by atoms with van der Waals surface area (Å²) in [6, 6.07) is 27.6. The minimum atomic E-state index is -0.646. The highest BCUT2D eigenvalue weighted by molar-refractivity contribution is 5.81. The van der Waals surface area contributed by atoms with Gasteiger partial charge in [-0.15, -0.1) is 0 Å². The van der Waals surface area contributed by atoms with Crippen LogP contribution in [0.15, 0.2) is 84.9 Å². The third-order valence-corrected chi connectivity index (χ3v) is 4.65. The normalized spacial score (nSPS) is 13.6. The Balaban J connectivity index is 1.61. The van der Waals surface area contributed by atoms with Gasteiger partial charge in [0.25, 0.3) is 0 Å². The van der Waals surface area contributed by atoms with Crippen LogP contribution in [-0.4, -0.2) is 15.3 Å². The van der Waals surface area contributed by atoms with Crippen LogP contribution in [-0.2, 0) is 6.54 Å². The third kappa shape index (κ3) is 3.38. The molecule has 0 saturated heterocycles. The van der Waals surface area contributed by atoms with Gasteiger partial charge in [0.05, 0.1) is 23.4 Å². The maximum Gasteiger partial charge on any atom is 0.0984 e. The molecule has 4 heteroatoms. The number of aliphatic hydroxyl groups is 1. The van der Waals surface area contributed by atoms with E-state index in [1.807, 2.05) is 78.9 Å². The smallest absolute Gasteiger partial charge is 0.0984 e. The van der Waals surface area contributed by atoms with Crippen molar-refractivity contribution in [2.24, 2.45) is 0 Å². The second-order valence-corrected chi connectivity index (χ2v) is 6.34. The number of hydrogen-bond acceptors (Lipinski definition) is 3. The van der Waals surface area contributed by atoms with E-state index in [1.165, 1.54) is 0 Å². The Morgan fingerprint density at radius 3 is 2.15 bits per heavy atom.